The summed E-state index contributed by atoms with van der Waals surface area (Å²) in [4.78, 5) is 12.5. The Morgan fingerprint density at radius 3 is 2.39 bits per heavy atom. The van der Waals surface area contributed by atoms with E-state index in [0.29, 0.717) is 11.6 Å². The molecule has 2 rings (SSSR count). The quantitative estimate of drug-likeness (QED) is 0.666. The average molecular weight is 445 g/mol. The number of ether oxygens (including phenoxy) is 1. The van der Waals surface area contributed by atoms with E-state index in [1.54, 1.807) is 6.07 Å². The van der Waals surface area contributed by atoms with Crippen molar-refractivity contribution in [2.45, 2.75) is 19.9 Å². The lowest BCUT2D eigenvalue weighted by Crippen LogP contribution is -2.41. The first kappa shape index (κ1) is 22.3. The number of halogens is 2. The van der Waals surface area contributed by atoms with Crippen LogP contribution in [0.1, 0.15) is 25.5 Å². The number of anilines is 1. The van der Waals surface area contributed by atoms with Crippen LogP contribution in [-0.4, -0.2) is 33.7 Å². The molecule has 0 radical (unpaired) electrons. The SMILES string of the molecule is CCOc1ccc([C@@H](C)NC(=O)CN(c2cc(Cl)ccc2Cl)S(C)(=O)=O)cc1. The number of rotatable bonds is 8. The highest BCUT2D eigenvalue weighted by Crippen LogP contribution is 2.30. The summed E-state index contributed by atoms with van der Waals surface area (Å²) in [7, 11) is -3.75. The van der Waals surface area contributed by atoms with Crippen LogP contribution >= 0.6 is 23.2 Å². The number of carbonyl (C=O) groups is 1. The molecular weight excluding hydrogens is 423 g/mol. The van der Waals surface area contributed by atoms with E-state index >= 15 is 0 Å². The fourth-order valence-electron chi connectivity index (χ4n) is 2.58. The number of amides is 1. The summed E-state index contributed by atoms with van der Waals surface area (Å²) >= 11 is 12.1. The molecule has 2 aromatic rings. The first-order valence-electron chi connectivity index (χ1n) is 8.56. The molecule has 1 N–H and O–H groups in total. The number of nitrogens with zero attached hydrogens (tertiary/aromatic N) is 1. The highest BCUT2D eigenvalue weighted by molar-refractivity contribution is 7.92. The van der Waals surface area contributed by atoms with E-state index in [9.17, 15) is 13.2 Å². The molecule has 152 valence electrons. The first-order chi connectivity index (χ1) is 13.1. The third-order valence-corrected chi connectivity index (χ3v) is 5.61. The lowest BCUT2D eigenvalue weighted by atomic mass is 10.1. The highest BCUT2D eigenvalue weighted by Gasteiger charge is 2.24. The van der Waals surface area contributed by atoms with E-state index in [1.165, 1.54) is 12.1 Å². The normalized spacial score (nSPS) is 12.3. The Morgan fingerprint density at radius 1 is 1.18 bits per heavy atom. The summed E-state index contributed by atoms with van der Waals surface area (Å²) in [6.07, 6.45) is 1.01. The number of benzene rings is 2. The van der Waals surface area contributed by atoms with Crippen LogP contribution in [-0.2, 0) is 14.8 Å². The third kappa shape index (κ3) is 6.02. The van der Waals surface area contributed by atoms with E-state index in [1.807, 2.05) is 38.1 Å². The molecule has 9 heteroatoms. The molecular formula is C19H22Cl2N2O4S. The lowest BCUT2D eigenvalue weighted by molar-refractivity contribution is -0.120. The van der Waals surface area contributed by atoms with Gasteiger partial charge in [-0.1, -0.05) is 35.3 Å². The van der Waals surface area contributed by atoms with Gasteiger partial charge < -0.3 is 10.1 Å². The summed E-state index contributed by atoms with van der Waals surface area (Å²) < 4.78 is 30.8. The summed E-state index contributed by atoms with van der Waals surface area (Å²) in [5, 5.41) is 3.29. The minimum Gasteiger partial charge on any atom is -0.494 e. The second kappa shape index (κ2) is 9.49. The van der Waals surface area contributed by atoms with Crippen molar-refractivity contribution < 1.29 is 17.9 Å². The Hall–Kier alpha value is -1.96. The molecule has 0 aromatic heterocycles. The Morgan fingerprint density at radius 2 is 1.82 bits per heavy atom. The highest BCUT2D eigenvalue weighted by atomic mass is 35.5. The largest absolute Gasteiger partial charge is 0.494 e. The van der Waals surface area contributed by atoms with Gasteiger partial charge >= 0.3 is 0 Å². The average Bonchev–Trinajstić information content (AvgIpc) is 2.62. The number of hydrogen-bond donors (Lipinski definition) is 1. The van der Waals surface area contributed by atoms with Crippen LogP contribution in [0.25, 0.3) is 0 Å². The minimum absolute atomic E-state index is 0.153. The van der Waals surface area contributed by atoms with Crippen LogP contribution in [0.3, 0.4) is 0 Å². The standard InChI is InChI=1S/C19H22Cl2N2O4S/c1-4-27-16-8-5-14(6-9-16)13(2)22-19(24)12-23(28(3,25)26)18-11-15(20)7-10-17(18)21/h5-11,13H,4,12H2,1-3H3,(H,22,24)/t13-/m1/s1. The van der Waals surface area contributed by atoms with Crippen molar-refractivity contribution in [2.24, 2.45) is 0 Å². The van der Waals surface area contributed by atoms with Gasteiger partial charge in [0.15, 0.2) is 0 Å². The second-order valence-corrected chi connectivity index (χ2v) is 8.91. The maximum atomic E-state index is 12.5. The molecule has 0 heterocycles. The van der Waals surface area contributed by atoms with E-state index in [-0.39, 0.29) is 16.8 Å². The Bertz CT molecular complexity index is 933. The second-order valence-electron chi connectivity index (χ2n) is 6.16. The molecule has 0 bridgehead atoms. The van der Waals surface area contributed by atoms with Gasteiger partial charge in [-0.05, 0) is 49.7 Å². The molecule has 0 unspecified atom stereocenters. The number of nitrogens with one attached hydrogen (secondary N) is 1. The van der Waals surface area contributed by atoms with Crippen molar-refractivity contribution in [2.75, 3.05) is 23.7 Å². The van der Waals surface area contributed by atoms with Crippen molar-refractivity contribution in [3.63, 3.8) is 0 Å². The molecule has 1 atom stereocenters. The Labute approximate surface area is 175 Å². The van der Waals surface area contributed by atoms with Crippen molar-refractivity contribution in [3.05, 3.63) is 58.1 Å². The minimum atomic E-state index is -3.75. The van der Waals surface area contributed by atoms with Gasteiger partial charge in [0.05, 0.1) is 29.6 Å². The van der Waals surface area contributed by atoms with E-state index in [2.05, 4.69) is 5.32 Å². The zero-order valence-electron chi connectivity index (χ0n) is 15.8. The number of hydrogen-bond acceptors (Lipinski definition) is 4. The molecule has 0 fully saturated rings. The van der Waals surface area contributed by atoms with E-state index < -0.39 is 22.5 Å². The molecule has 6 nitrogen and oxygen atoms in total. The van der Waals surface area contributed by atoms with Gasteiger partial charge in [-0.25, -0.2) is 8.42 Å². The monoisotopic (exact) mass is 444 g/mol. The van der Waals surface area contributed by atoms with Gasteiger partial charge in [-0.3, -0.25) is 9.10 Å². The van der Waals surface area contributed by atoms with Crippen LogP contribution in [0.4, 0.5) is 5.69 Å². The number of sulfonamides is 1. The molecule has 1 amide bonds. The van der Waals surface area contributed by atoms with Gasteiger partial charge in [0, 0.05) is 5.02 Å². The van der Waals surface area contributed by atoms with Crippen LogP contribution in [0.5, 0.6) is 5.75 Å². The topological polar surface area (TPSA) is 75.7 Å². The maximum absolute atomic E-state index is 12.5. The van der Waals surface area contributed by atoms with Gasteiger partial charge in [0.1, 0.15) is 12.3 Å². The Balaban J connectivity index is 2.14. The maximum Gasteiger partial charge on any atom is 0.241 e. The van der Waals surface area contributed by atoms with E-state index in [0.717, 1.165) is 21.9 Å². The van der Waals surface area contributed by atoms with Crippen LogP contribution in [0.2, 0.25) is 10.0 Å². The molecule has 0 saturated heterocycles. The Kier molecular flexibility index (Phi) is 7.57. The smallest absolute Gasteiger partial charge is 0.241 e. The lowest BCUT2D eigenvalue weighted by Gasteiger charge is -2.24. The first-order valence-corrected chi connectivity index (χ1v) is 11.2. The fraction of sp³-hybridized carbons (Fsp3) is 0.316. The van der Waals surface area contributed by atoms with Gasteiger partial charge in [0.2, 0.25) is 15.9 Å². The molecule has 0 spiro atoms. The molecule has 2 aromatic carbocycles. The summed E-state index contributed by atoms with van der Waals surface area (Å²) in [5.41, 5.74) is 1.02. The van der Waals surface area contributed by atoms with Crippen molar-refractivity contribution in [1.29, 1.82) is 0 Å². The summed E-state index contributed by atoms with van der Waals surface area (Å²) in [5.74, 6) is 0.270. The van der Waals surface area contributed by atoms with Crippen LogP contribution in [0.15, 0.2) is 42.5 Å². The van der Waals surface area contributed by atoms with Gasteiger partial charge in [0.25, 0.3) is 0 Å². The van der Waals surface area contributed by atoms with Crippen molar-refractivity contribution in [1.82, 2.24) is 5.32 Å². The molecule has 0 saturated carbocycles. The molecule has 0 aliphatic rings. The van der Waals surface area contributed by atoms with Crippen LogP contribution < -0.4 is 14.4 Å². The predicted molar refractivity (Wildman–Crippen MR) is 113 cm³/mol. The number of carbonyl (C=O) groups excluding carboxylic acids is 1. The molecule has 0 aliphatic heterocycles. The van der Waals surface area contributed by atoms with Gasteiger partial charge in [-0.2, -0.15) is 0 Å². The van der Waals surface area contributed by atoms with E-state index in [4.69, 9.17) is 27.9 Å². The summed E-state index contributed by atoms with van der Waals surface area (Å²) in [6.45, 7) is 3.86. The van der Waals surface area contributed by atoms with Crippen molar-refractivity contribution in [3.8, 4) is 5.75 Å². The molecule has 28 heavy (non-hydrogen) atoms. The van der Waals surface area contributed by atoms with Gasteiger partial charge in [-0.15, -0.1) is 0 Å². The molecule has 0 aliphatic carbocycles. The zero-order chi connectivity index (χ0) is 20.9. The summed E-state index contributed by atoms with van der Waals surface area (Å²) in [6, 6.07) is 11.4. The fourth-order valence-corrected chi connectivity index (χ4v) is 3.87. The van der Waals surface area contributed by atoms with Crippen LogP contribution in [0, 0.1) is 0 Å². The third-order valence-electron chi connectivity index (χ3n) is 3.93. The predicted octanol–water partition coefficient (Wildman–Crippen LogP) is 4.04. The zero-order valence-corrected chi connectivity index (χ0v) is 18.1. The van der Waals surface area contributed by atoms with Crippen molar-refractivity contribution >= 4 is 44.8 Å².